The number of nitrogens with two attached hydrogens (primary N) is 1. The fraction of sp³-hybridized carbons (Fsp3) is 0.174. The Labute approximate surface area is 155 Å². The van der Waals surface area contributed by atoms with Gasteiger partial charge in [0.05, 0.1) is 0 Å². The molecule has 26 heavy (non-hydrogen) atoms. The third-order valence-electron chi connectivity index (χ3n) is 4.59. The van der Waals surface area contributed by atoms with E-state index in [-0.39, 0.29) is 18.0 Å². The van der Waals surface area contributed by atoms with Crippen LogP contribution < -0.4 is 10.6 Å². The number of anilines is 1. The number of amides is 1. The highest BCUT2D eigenvalue weighted by Gasteiger charge is 2.21. The second kappa shape index (κ2) is 8.45. The maximum absolute atomic E-state index is 12.7. The molecule has 3 nitrogen and oxygen atoms in total. The van der Waals surface area contributed by atoms with E-state index in [9.17, 15) is 4.79 Å². The van der Waals surface area contributed by atoms with Crippen LogP contribution in [0.2, 0.25) is 0 Å². The van der Waals surface area contributed by atoms with Crippen molar-refractivity contribution in [2.24, 2.45) is 0 Å². The second-order valence-corrected chi connectivity index (χ2v) is 6.58. The van der Waals surface area contributed by atoms with E-state index in [0.717, 1.165) is 16.8 Å². The minimum absolute atomic E-state index is 0.0103. The van der Waals surface area contributed by atoms with E-state index in [1.165, 1.54) is 5.56 Å². The fourth-order valence-electron chi connectivity index (χ4n) is 3.10. The van der Waals surface area contributed by atoms with Crippen molar-refractivity contribution in [3.05, 3.63) is 90.5 Å². The molecule has 3 aromatic carbocycles. The van der Waals surface area contributed by atoms with Crippen LogP contribution >= 0.6 is 0 Å². The molecule has 0 saturated carbocycles. The molecule has 2 atom stereocenters. The van der Waals surface area contributed by atoms with Crippen molar-refractivity contribution in [3.8, 4) is 11.1 Å². The Kier molecular flexibility index (Phi) is 5.82. The number of para-hydroxylation sites is 1. The lowest BCUT2D eigenvalue weighted by atomic mass is 10.0. The first-order chi connectivity index (χ1) is 12.6. The Bertz CT molecular complexity index is 846. The molecule has 3 aromatic rings. The summed E-state index contributed by atoms with van der Waals surface area (Å²) in [6.45, 7) is 4.07. The number of carbonyl (C=O) groups excluding carboxylic acids is 1. The SMILES string of the molecule is C[C@H]([NH2+][C@H](C)C(=O)Nc1ccccc1-c1ccccc1)c1ccccc1. The van der Waals surface area contributed by atoms with Crippen LogP contribution in [0.3, 0.4) is 0 Å². The van der Waals surface area contributed by atoms with Gasteiger partial charge < -0.3 is 10.6 Å². The van der Waals surface area contributed by atoms with Crippen LogP contribution in [0, 0.1) is 0 Å². The zero-order valence-corrected chi connectivity index (χ0v) is 15.2. The third kappa shape index (κ3) is 4.38. The normalized spacial score (nSPS) is 13.0. The van der Waals surface area contributed by atoms with Gasteiger partial charge in [-0.1, -0.05) is 78.9 Å². The minimum atomic E-state index is -0.186. The molecule has 0 aliphatic rings. The van der Waals surface area contributed by atoms with Crippen LogP contribution in [0.25, 0.3) is 11.1 Å². The van der Waals surface area contributed by atoms with Gasteiger partial charge in [0.15, 0.2) is 6.04 Å². The molecule has 0 aliphatic heterocycles. The molecule has 0 bridgehead atoms. The molecule has 3 heteroatoms. The summed E-state index contributed by atoms with van der Waals surface area (Å²) in [6.07, 6.45) is 0. The van der Waals surface area contributed by atoms with Crippen molar-refractivity contribution in [1.29, 1.82) is 0 Å². The molecular weight excluding hydrogens is 320 g/mol. The first-order valence-electron chi connectivity index (χ1n) is 9.00. The number of quaternary nitrogens is 1. The van der Waals surface area contributed by atoms with Gasteiger partial charge in [-0.15, -0.1) is 0 Å². The molecule has 0 spiro atoms. The topological polar surface area (TPSA) is 45.7 Å². The fourth-order valence-corrected chi connectivity index (χ4v) is 3.10. The van der Waals surface area contributed by atoms with Gasteiger partial charge in [-0.05, 0) is 25.5 Å². The predicted octanol–water partition coefficient (Wildman–Crippen LogP) is 4.01. The summed E-state index contributed by atoms with van der Waals surface area (Å²) >= 11 is 0. The zero-order valence-electron chi connectivity index (χ0n) is 15.2. The van der Waals surface area contributed by atoms with Gasteiger partial charge in [0.2, 0.25) is 0 Å². The van der Waals surface area contributed by atoms with E-state index < -0.39 is 0 Å². The van der Waals surface area contributed by atoms with Crippen molar-refractivity contribution in [3.63, 3.8) is 0 Å². The molecule has 0 heterocycles. The number of rotatable bonds is 6. The van der Waals surface area contributed by atoms with Gasteiger partial charge in [0.25, 0.3) is 5.91 Å². The summed E-state index contributed by atoms with van der Waals surface area (Å²) in [6, 6.07) is 28.3. The van der Waals surface area contributed by atoms with Crippen LogP contribution in [0.15, 0.2) is 84.9 Å². The Morgan fingerprint density at radius 3 is 2.08 bits per heavy atom. The van der Waals surface area contributed by atoms with Gasteiger partial charge in [0, 0.05) is 16.8 Å². The lowest BCUT2D eigenvalue weighted by Crippen LogP contribution is -2.91. The predicted molar refractivity (Wildman–Crippen MR) is 107 cm³/mol. The van der Waals surface area contributed by atoms with E-state index >= 15 is 0 Å². The van der Waals surface area contributed by atoms with Crippen molar-refractivity contribution < 1.29 is 10.1 Å². The zero-order chi connectivity index (χ0) is 18.4. The van der Waals surface area contributed by atoms with Gasteiger partial charge in [0.1, 0.15) is 6.04 Å². The first kappa shape index (κ1) is 17.9. The van der Waals surface area contributed by atoms with Crippen LogP contribution in [0.1, 0.15) is 25.5 Å². The molecule has 1 amide bonds. The van der Waals surface area contributed by atoms with Gasteiger partial charge in [-0.2, -0.15) is 0 Å². The van der Waals surface area contributed by atoms with E-state index in [2.05, 4.69) is 41.8 Å². The Morgan fingerprint density at radius 1 is 0.808 bits per heavy atom. The molecule has 0 saturated heterocycles. The summed E-state index contributed by atoms with van der Waals surface area (Å²) < 4.78 is 0. The Morgan fingerprint density at radius 2 is 1.38 bits per heavy atom. The maximum Gasteiger partial charge on any atom is 0.282 e. The smallest absolute Gasteiger partial charge is 0.282 e. The lowest BCUT2D eigenvalue weighted by molar-refractivity contribution is -0.709. The van der Waals surface area contributed by atoms with E-state index in [1.807, 2.05) is 67.6 Å². The Balaban J connectivity index is 1.70. The van der Waals surface area contributed by atoms with Crippen molar-refractivity contribution in [2.45, 2.75) is 25.9 Å². The monoisotopic (exact) mass is 345 g/mol. The van der Waals surface area contributed by atoms with Crippen LogP contribution in [0.5, 0.6) is 0 Å². The molecule has 0 aliphatic carbocycles. The molecule has 0 fully saturated rings. The molecule has 0 radical (unpaired) electrons. The summed E-state index contributed by atoms with van der Waals surface area (Å²) in [7, 11) is 0. The van der Waals surface area contributed by atoms with Crippen LogP contribution in [-0.4, -0.2) is 11.9 Å². The highest BCUT2D eigenvalue weighted by Crippen LogP contribution is 2.27. The van der Waals surface area contributed by atoms with Gasteiger partial charge >= 0.3 is 0 Å². The van der Waals surface area contributed by atoms with Gasteiger partial charge in [-0.25, -0.2) is 0 Å². The summed E-state index contributed by atoms with van der Waals surface area (Å²) in [4.78, 5) is 12.7. The summed E-state index contributed by atoms with van der Waals surface area (Å²) in [5, 5.41) is 5.19. The molecule has 3 rings (SSSR count). The average molecular weight is 345 g/mol. The van der Waals surface area contributed by atoms with Crippen molar-refractivity contribution in [2.75, 3.05) is 5.32 Å². The number of carbonyl (C=O) groups is 1. The number of nitrogens with one attached hydrogen (secondary N) is 1. The molecule has 0 unspecified atom stereocenters. The second-order valence-electron chi connectivity index (χ2n) is 6.58. The van der Waals surface area contributed by atoms with Crippen molar-refractivity contribution in [1.82, 2.24) is 0 Å². The first-order valence-corrected chi connectivity index (χ1v) is 9.00. The molecule has 132 valence electrons. The van der Waals surface area contributed by atoms with Gasteiger partial charge in [-0.3, -0.25) is 4.79 Å². The van der Waals surface area contributed by atoms with E-state index in [1.54, 1.807) is 0 Å². The van der Waals surface area contributed by atoms with E-state index in [0.29, 0.717) is 0 Å². The summed E-state index contributed by atoms with van der Waals surface area (Å²) in [5.74, 6) is 0.0103. The maximum atomic E-state index is 12.7. The highest BCUT2D eigenvalue weighted by atomic mass is 16.2. The molecule has 3 N–H and O–H groups in total. The lowest BCUT2D eigenvalue weighted by Gasteiger charge is -2.18. The summed E-state index contributed by atoms with van der Waals surface area (Å²) in [5.41, 5.74) is 4.19. The molecular formula is C23H25N2O+. The number of benzene rings is 3. The number of hydrogen-bond donors (Lipinski definition) is 2. The highest BCUT2D eigenvalue weighted by molar-refractivity contribution is 5.97. The largest absolute Gasteiger partial charge is 0.330 e. The third-order valence-corrected chi connectivity index (χ3v) is 4.59. The minimum Gasteiger partial charge on any atom is -0.330 e. The van der Waals surface area contributed by atoms with E-state index in [4.69, 9.17) is 0 Å². The quantitative estimate of drug-likeness (QED) is 0.697. The number of hydrogen-bond acceptors (Lipinski definition) is 1. The van der Waals surface area contributed by atoms with Crippen LogP contribution in [-0.2, 0) is 4.79 Å². The Hall–Kier alpha value is -2.91. The standard InChI is InChI=1S/C23H24N2O/c1-17(19-11-5-3-6-12-19)24-18(2)23(26)25-22-16-10-9-15-21(22)20-13-7-4-8-14-20/h3-18,24H,1-2H3,(H,25,26)/p+1/t17-,18+/m0/s1. The van der Waals surface area contributed by atoms with Crippen molar-refractivity contribution >= 4 is 11.6 Å². The van der Waals surface area contributed by atoms with Crippen LogP contribution in [0.4, 0.5) is 5.69 Å². The average Bonchev–Trinajstić information content (AvgIpc) is 2.69. The molecule has 0 aromatic heterocycles.